The highest BCUT2D eigenvalue weighted by Crippen LogP contribution is 2.20. The van der Waals surface area contributed by atoms with Crippen LogP contribution in [-0.4, -0.2) is 36.1 Å². The van der Waals surface area contributed by atoms with Gasteiger partial charge in [-0.1, -0.05) is 15.9 Å². The summed E-state index contributed by atoms with van der Waals surface area (Å²) in [6.45, 7) is 0.438. The fraction of sp³-hybridized carbons (Fsp3) is 0.364. The number of benzene rings is 1. The molecular formula is C11H13BrINO3. The number of methoxy groups -OCH3 is 1. The number of rotatable bonds is 5. The van der Waals surface area contributed by atoms with E-state index < -0.39 is 0 Å². The lowest BCUT2D eigenvalue weighted by Crippen LogP contribution is -2.39. The standard InChI is InChI=1S/C11H13BrINO3/c1-17-6-8(5-12)14-11(16)7-2-3-9(13)10(15)4-7/h2-4,8,15H,5-6H2,1H3,(H,14,16). The van der Waals surface area contributed by atoms with Crippen LogP contribution in [0.2, 0.25) is 0 Å². The molecular weight excluding hydrogens is 401 g/mol. The van der Waals surface area contributed by atoms with Crippen molar-refractivity contribution >= 4 is 44.4 Å². The molecule has 1 atom stereocenters. The summed E-state index contributed by atoms with van der Waals surface area (Å²) in [6, 6.07) is 4.74. The Morgan fingerprint density at radius 2 is 2.35 bits per heavy atom. The van der Waals surface area contributed by atoms with E-state index in [1.165, 1.54) is 6.07 Å². The van der Waals surface area contributed by atoms with Crippen molar-refractivity contribution in [1.82, 2.24) is 5.32 Å². The van der Waals surface area contributed by atoms with Gasteiger partial charge in [0.25, 0.3) is 5.91 Å². The predicted octanol–water partition coefficient (Wildman–Crippen LogP) is 2.14. The van der Waals surface area contributed by atoms with Gasteiger partial charge in [0.1, 0.15) is 5.75 Å². The first-order valence-electron chi connectivity index (χ1n) is 4.92. The summed E-state index contributed by atoms with van der Waals surface area (Å²) in [6.07, 6.45) is 0. The smallest absolute Gasteiger partial charge is 0.251 e. The normalized spacial score (nSPS) is 12.2. The first-order valence-corrected chi connectivity index (χ1v) is 7.12. The minimum Gasteiger partial charge on any atom is -0.507 e. The molecule has 1 rings (SSSR count). The Morgan fingerprint density at radius 1 is 1.65 bits per heavy atom. The Bertz CT molecular complexity index is 400. The molecule has 1 unspecified atom stereocenters. The molecule has 0 aromatic heterocycles. The van der Waals surface area contributed by atoms with E-state index in [9.17, 15) is 9.90 Å². The largest absolute Gasteiger partial charge is 0.507 e. The van der Waals surface area contributed by atoms with Crippen LogP contribution in [0.4, 0.5) is 0 Å². The van der Waals surface area contributed by atoms with Gasteiger partial charge >= 0.3 is 0 Å². The van der Waals surface area contributed by atoms with E-state index in [0.29, 0.717) is 21.1 Å². The predicted molar refractivity (Wildman–Crippen MR) is 77.7 cm³/mol. The molecule has 0 saturated carbocycles. The van der Waals surface area contributed by atoms with Crippen molar-refractivity contribution in [2.45, 2.75) is 6.04 Å². The summed E-state index contributed by atoms with van der Waals surface area (Å²) < 4.78 is 5.69. The van der Waals surface area contributed by atoms with Gasteiger partial charge < -0.3 is 15.2 Å². The number of phenolic OH excluding ortho intramolecular Hbond substituents is 1. The SMILES string of the molecule is COCC(CBr)NC(=O)c1ccc(I)c(O)c1. The maximum Gasteiger partial charge on any atom is 0.251 e. The number of hydrogen-bond donors (Lipinski definition) is 2. The number of ether oxygens (including phenoxy) is 1. The van der Waals surface area contributed by atoms with Gasteiger partial charge in [-0.2, -0.15) is 0 Å². The van der Waals surface area contributed by atoms with Crippen LogP contribution >= 0.6 is 38.5 Å². The zero-order valence-corrected chi connectivity index (χ0v) is 13.0. The highest BCUT2D eigenvalue weighted by molar-refractivity contribution is 14.1. The van der Waals surface area contributed by atoms with Crippen molar-refractivity contribution in [2.24, 2.45) is 0 Å². The number of hydrogen-bond acceptors (Lipinski definition) is 3. The maximum absolute atomic E-state index is 11.9. The molecule has 0 saturated heterocycles. The van der Waals surface area contributed by atoms with E-state index in [1.54, 1.807) is 19.2 Å². The molecule has 0 spiro atoms. The second kappa shape index (κ2) is 7.17. The van der Waals surface area contributed by atoms with Crippen molar-refractivity contribution in [3.8, 4) is 5.75 Å². The fourth-order valence-electron chi connectivity index (χ4n) is 1.25. The number of halogens is 2. The minimum absolute atomic E-state index is 0.0890. The van der Waals surface area contributed by atoms with Crippen molar-refractivity contribution < 1.29 is 14.6 Å². The lowest BCUT2D eigenvalue weighted by Gasteiger charge is -2.15. The maximum atomic E-state index is 11.9. The topological polar surface area (TPSA) is 58.6 Å². The van der Waals surface area contributed by atoms with Crippen LogP contribution in [0.1, 0.15) is 10.4 Å². The van der Waals surface area contributed by atoms with Gasteiger partial charge in [-0.3, -0.25) is 4.79 Å². The molecule has 2 N–H and O–H groups in total. The number of amides is 1. The third-order valence-corrected chi connectivity index (χ3v) is 3.79. The number of aromatic hydroxyl groups is 1. The monoisotopic (exact) mass is 413 g/mol. The van der Waals surface area contributed by atoms with Crippen LogP contribution in [-0.2, 0) is 4.74 Å². The van der Waals surface area contributed by atoms with E-state index in [4.69, 9.17) is 4.74 Å². The van der Waals surface area contributed by atoms with Crippen LogP contribution in [0.25, 0.3) is 0 Å². The van der Waals surface area contributed by atoms with Crippen molar-refractivity contribution in [2.75, 3.05) is 19.0 Å². The number of nitrogens with one attached hydrogen (secondary N) is 1. The zero-order valence-electron chi connectivity index (χ0n) is 9.24. The van der Waals surface area contributed by atoms with E-state index in [0.717, 1.165) is 0 Å². The molecule has 4 nitrogen and oxygen atoms in total. The molecule has 0 aliphatic rings. The number of phenols is 1. The highest BCUT2D eigenvalue weighted by Gasteiger charge is 2.13. The van der Waals surface area contributed by atoms with Gasteiger partial charge in [0.05, 0.1) is 16.2 Å². The third-order valence-electron chi connectivity index (χ3n) is 2.10. The Labute approximate surface area is 122 Å². The van der Waals surface area contributed by atoms with Gasteiger partial charge in [0.2, 0.25) is 0 Å². The quantitative estimate of drug-likeness (QED) is 0.574. The Balaban J connectivity index is 2.72. The first kappa shape index (κ1) is 14.7. The Hall–Kier alpha value is -0.340. The van der Waals surface area contributed by atoms with Crippen LogP contribution in [0.15, 0.2) is 18.2 Å². The summed E-state index contributed by atoms with van der Waals surface area (Å²) in [5.74, 6) is -0.112. The van der Waals surface area contributed by atoms with Gasteiger partial charge in [-0.05, 0) is 40.8 Å². The zero-order chi connectivity index (χ0) is 12.8. The molecule has 0 radical (unpaired) electrons. The molecule has 17 heavy (non-hydrogen) atoms. The molecule has 1 aromatic carbocycles. The van der Waals surface area contributed by atoms with Crippen LogP contribution in [0.5, 0.6) is 5.75 Å². The molecule has 94 valence electrons. The van der Waals surface area contributed by atoms with Gasteiger partial charge in [0, 0.05) is 18.0 Å². The Kier molecular flexibility index (Phi) is 6.21. The Morgan fingerprint density at radius 3 is 2.88 bits per heavy atom. The summed E-state index contributed by atoms with van der Waals surface area (Å²) >= 11 is 5.30. The van der Waals surface area contributed by atoms with Crippen molar-refractivity contribution in [3.63, 3.8) is 0 Å². The van der Waals surface area contributed by atoms with Crippen LogP contribution < -0.4 is 5.32 Å². The molecule has 0 bridgehead atoms. The van der Waals surface area contributed by atoms with E-state index >= 15 is 0 Å². The lowest BCUT2D eigenvalue weighted by atomic mass is 10.2. The molecule has 0 aliphatic heterocycles. The van der Waals surface area contributed by atoms with E-state index in [2.05, 4.69) is 21.2 Å². The van der Waals surface area contributed by atoms with Crippen LogP contribution in [0, 0.1) is 3.57 Å². The molecule has 6 heteroatoms. The molecule has 0 aliphatic carbocycles. The van der Waals surface area contributed by atoms with Gasteiger partial charge in [-0.25, -0.2) is 0 Å². The summed E-state index contributed by atoms with van der Waals surface area (Å²) in [5.41, 5.74) is 0.435. The summed E-state index contributed by atoms with van der Waals surface area (Å²) in [7, 11) is 1.58. The van der Waals surface area contributed by atoms with Crippen LogP contribution in [0.3, 0.4) is 0 Å². The van der Waals surface area contributed by atoms with Crippen molar-refractivity contribution in [3.05, 3.63) is 27.3 Å². The number of carbonyl (C=O) groups excluding carboxylic acids is 1. The van der Waals surface area contributed by atoms with Gasteiger partial charge in [0.15, 0.2) is 0 Å². The average molecular weight is 414 g/mol. The molecule has 1 aromatic rings. The fourth-order valence-corrected chi connectivity index (χ4v) is 1.93. The highest BCUT2D eigenvalue weighted by atomic mass is 127. The third kappa shape index (κ3) is 4.44. The molecule has 1 amide bonds. The lowest BCUT2D eigenvalue weighted by molar-refractivity contribution is 0.0907. The minimum atomic E-state index is -0.224. The molecule has 0 heterocycles. The summed E-state index contributed by atoms with van der Waals surface area (Å²) in [4.78, 5) is 11.9. The van der Waals surface area contributed by atoms with Crippen molar-refractivity contribution in [1.29, 1.82) is 0 Å². The first-order chi connectivity index (χ1) is 8.08. The van der Waals surface area contributed by atoms with E-state index in [1.807, 2.05) is 22.6 Å². The molecule has 0 fully saturated rings. The van der Waals surface area contributed by atoms with Gasteiger partial charge in [-0.15, -0.1) is 0 Å². The second-order valence-corrected chi connectivity index (χ2v) is 5.26. The number of alkyl halides is 1. The van der Waals surface area contributed by atoms with E-state index in [-0.39, 0.29) is 17.7 Å². The average Bonchev–Trinajstić information content (AvgIpc) is 2.31. The number of carbonyl (C=O) groups is 1. The summed E-state index contributed by atoms with van der Waals surface area (Å²) in [5, 5.41) is 12.9. The second-order valence-electron chi connectivity index (χ2n) is 3.45.